The molecule has 0 spiro atoms. The number of aryl methyl sites for hydroxylation is 2. The average molecular weight is 239 g/mol. The number of ether oxygens (including phenoxy) is 1. The van der Waals surface area contributed by atoms with Crippen molar-refractivity contribution in [2.45, 2.75) is 26.4 Å². The van der Waals surface area contributed by atoms with Gasteiger partial charge in [0.15, 0.2) is 0 Å². The van der Waals surface area contributed by atoms with Crippen molar-refractivity contribution in [1.82, 2.24) is 10.5 Å². The van der Waals surface area contributed by atoms with Crippen LogP contribution in [0.4, 0.5) is 0 Å². The number of carbonyl (C=O) groups is 1. The fourth-order valence-electron chi connectivity index (χ4n) is 1.90. The van der Waals surface area contributed by atoms with Gasteiger partial charge < -0.3 is 20.3 Å². The number of nitrogens with two attached hydrogens (primary N) is 1. The zero-order valence-electron chi connectivity index (χ0n) is 10.0. The molecule has 1 aromatic heterocycles. The van der Waals surface area contributed by atoms with E-state index in [9.17, 15) is 4.79 Å². The van der Waals surface area contributed by atoms with Crippen molar-refractivity contribution in [2.75, 3.05) is 13.2 Å². The zero-order valence-corrected chi connectivity index (χ0v) is 10.0. The van der Waals surface area contributed by atoms with Gasteiger partial charge in [-0.2, -0.15) is 0 Å². The molecule has 0 bridgehead atoms. The monoisotopic (exact) mass is 239 g/mol. The minimum atomic E-state index is -0.254. The Morgan fingerprint density at radius 3 is 2.82 bits per heavy atom. The van der Waals surface area contributed by atoms with E-state index in [2.05, 4.69) is 10.5 Å². The minimum absolute atomic E-state index is 0.0741. The van der Waals surface area contributed by atoms with E-state index in [4.69, 9.17) is 15.0 Å². The highest BCUT2D eigenvalue weighted by molar-refractivity contribution is 5.79. The van der Waals surface area contributed by atoms with E-state index in [0.717, 1.165) is 17.0 Å². The standard InChI is InChI=1S/C11H17N3O3/c1-6-8(7(2)17-14-6)3-13-11(15)9-4-16-5-10(9)12/h9-10H,3-5,12H2,1-2H3,(H,13,15). The Kier molecular flexibility index (Phi) is 3.44. The first kappa shape index (κ1) is 12.1. The summed E-state index contributed by atoms with van der Waals surface area (Å²) >= 11 is 0. The summed E-state index contributed by atoms with van der Waals surface area (Å²) in [5, 5.41) is 6.67. The van der Waals surface area contributed by atoms with E-state index in [-0.39, 0.29) is 17.9 Å². The predicted octanol–water partition coefficient (Wildman–Crippen LogP) is -0.119. The number of carbonyl (C=O) groups excluding carboxylic acids is 1. The average Bonchev–Trinajstić information content (AvgIpc) is 2.84. The van der Waals surface area contributed by atoms with Crippen molar-refractivity contribution in [3.8, 4) is 0 Å². The summed E-state index contributed by atoms with van der Waals surface area (Å²) in [7, 11) is 0. The molecule has 94 valence electrons. The predicted molar refractivity (Wildman–Crippen MR) is 60.1 cm³/mol. The number of rotatable bonds is 3. The molecule has 17 heavy (non-hydrogen) atoms. The van der Waals surface area contributed by atoms with Gasteiger partial charge >= 0.3 is 0 Å². The second-order valence-corrected chi connectivity index (χ2v) is 4.33. The van der Waals surface area contributed by atoms with Gasteiger partial charge in [0.2, 0.25) is 5.91 Å². The second-order valence-electron chi connectivity index (χ2n) is 4.33. The van der Waals surface area contributed by atoms with E-state index in [1.54, 1.807) is 0 Å². The third kappa shape index (κ3) is 2.48. The Bertz CT molecular complexity index is 397. The highest BCUT2D eigenvalue weighted by Gasteiger charge is 2.31. The Labute approximate surface area is 99.5 Å². The van der Waals surface area contributed by atoms with Crippen LogP contribution in [0.15, 0.2) is 4.52 Å². The lowest BCUT2D eigenvalue weighted by atomic mass is 10.0. The summed E-state index contributed by atoms with van der Waals surface area (Å²) < 4.78 is 10.2. The Hall–Kier alpha value is -1.40. The van der Waals surface area contributed by atoms with Crippen molar-refractivity contribution in [3.05, 3.63) is 17.0 Å². The zero-order chi connectivity index (χ0) is 12.4. The highest BCUT2D eigenvalue weighted by Crippen LogP contribution is 2.14. The van der Waals surface area contributed by atoms with Gasteiger partial charge in [-0.05, 0) is 13.8 Å². The normalized spacial score (nSPS) is 23.9. The van der Waals surface area contributed by atoms with Gasteiger partial charge in [0, 0.05) is 18.2 Å². The minimum Gasteiger partial charge on any atom is -0.379 e. The fraction of sp³-hybridized carbons (Fsp3) is 0.636. The largest absolute Gasteiger partial charge is 0.379 e. The molecule has 2 atom stereocenters. The summed E-state index contributed by atoms with van der Waals surface area (Å²) in [4.78, 5) is 11.9. The SMILES string of the molecule is Cc1noc(C)c1CNC(=O)C1COCC1N. The van der Waals surface area contributed by atoms with Gasteiger partial charge in [-0.15, -0.1) is 0 Å². The van der Waals surface area contributed by atoms with Crippen LogP contribution in [-0.2, 0) is 16.1 Å². The van der Waals surface area contributed by atoms with Crippen LogP contribution >= 0.6 is 0 Å². The van der Waals surface area contributed by atoms with E-state index >= 15 is 0 Å². The molecule has 2 heterocycles. The summed E-state index contributed by atoms with van der Waals surface area (Å²) in [6.07, 6.45) is 0. The first-order valence-corrected chi connectivity index (χ1v) is 5.62. The molecule has 1 amide bonds. The topological polar surface area (TPSA) is 90.4 Å². The van der Waals surface area contributed by atoms with Crippen LogP contribution in [0.25, 0.3) is 0 Å². The molecule has 1 aliphatic rings. The van der Waals surface area contributed by atoms with Crippen molar-refractivity contribution in [2.24, 2.45) is 11.7 Å². The molecule has 6 nitrogen and oxygen atoms in total. The summed E-state index contributed by atoms with van der Waals surface area (Å²) in [5.41, 5.74) is 7.49. The lowest BCUT2D eigenvalue weighted by molar-refractivity contribution is -0.125. The van der Waals surface area contributed by atoms with Crippen LogP contribution in [0.5, 0.6) is 0 Å². The van der Waals surface area contributed by atoms with Crippen molar-refractivity contribution in [1.29, 1.82) is 0 Å². The van der Waals surface area contributed by atoms with Crippen molar-refractivity contribution >= 4 is 5.91 Å². The molecule has 0 radical (unpaired) electrons. The first-order chi connectivity index (χ1) is 8.09. The molecule has 6 heteroatoms. The van der Waals surface area contributed by atoms with E-state index in [1.165, 1.54) is 0 Å². The van der Waals surface area contributed by atoms with Crippen molar-refractivity contribution in [3.63, 3.8) is 0 Å². The van der Waals surface area contributed by atoms with Gasteiger partial charge in [0.1, 0.15) is 5.76 Å². The summed E-state index contributed by atoms with van der Waals surface area (Å²) in [6, 6.07) is -0.209. The van der Waals surface area contributed by atoms with Gasteiger partial charge in [-0.25, -0.2) is 0 Å². The number of nitrogens with zero attached hydrogens (tertiary/aromatic N) is 1. The maximum atomic E-state index is 11.9. The van der Waals surface area contributed by atoms with Crippen LogP contribution in [0.2, 0.25) is 0 Å². The highest BCUT2D eigenvalue weighted by atomic mass is 16.5. The molecular weight excluding hydrogens is 222 g/mol. The number of hydrogen-bond acceptors (Lipinski definition) is 5. The van der Waals surface area contributed by atoms with Crippen molar-refractivity contribution < 1.29 is 14.1 Å². The molecule has 0 saturated carbocycles. The Balaban J connectivity index is 1.92. The van der Waals surface area contributed by atoms with Crippen LogP contribution in [0, 0.1) is 19.8 Å². The number of hydrogen-bond donors (Lipinski definition) is 2. The van der Waals surface area contributed by atoms with Gasteiger partial charge in [0.05, 0.1) is 24.8 Å². The molecule has 1 fully saturated rings. The number of nitrogens with one attached hydrogen (secondary N) is 1. The summed E-state index contributed by atoms with van der Waals surface area (Å²) in [5.74, 6) is 0.403. The fourth-order valence-corrected chi connectivity index (χ4v) is 1.90. The second kappa shape index (κ2) is 4.85. The van der Waals surface area contributed by atoms with Crippen LogP contribution < -0.4 is 11.1 Å². The summed E-state index contributed by atoms with van der Waals surface area (Å²) in [6.45, 7) is 4.94. The Morgan fingerprint density at radius 1 is 1.53 bits per heavy atom. The van der Waals surface area contributed by atoms with Crippen LogP contribution in [0.1, 0.15) is 17.0 Å². The van der Waals surface area contributed by atoms with E-state index in [0.29, 0.717) is 19.8 Å². The van der Waals surface area contributed by atoms with Crippen LogP contribution in [0.3, 0.4) is 0 Å². The third-order valence-corrected chi connectivity index (χ3v) is 3.08. The molecule has 3 N–H and O–H groups in total. The maximum absolute atomic E-state index is 11.9. The molecule has 2 unspecified atom stereocenters. The first-order valence-electron chi connectivity index (χ1n) is 5.62. The van der Waals surface area contributed by atoms with E-state index in [1.807, 2.05) is 13.8 Å². The maximum Gasteiger partial charge on any atom is 0.227 e. The molecule has 1 aromatic rings. The molecule has 1 saturated heterocycles. The smallest absolute Gasteiger partial charge is 0.227 e. The third-order valence-electron chi connectivity index (χ3n) is 3.08. The molecular formula is C11H17N3O3. The number of aromatic nitrogens is 1. The lowest BCUT2D eigenvalue weighted by Gasteiger charge is -2.13. The molecule has 1 aliphatic heterocycles. The van der Waals surface area contributed by atoms with E-state index < -0.39 is 0 Å². The van der Waals surface area contributed by atoms with Gasteiger partial charge in [-0.3, -0.25) is 4.79 Å². The van der Waals surface area contributed by atoms with Gasteiger partial charge in [0.25, 0.3) is 0 Å². The molecule has 0 aliphatic carbocycles. The molecule has 2 rings (SSSR count). The lowest BCUT2D eigenvalue weighted by Crippen LogP contribution is -2.40. The Morgan fingerprint density at radius 2 is 2.29 bits per heavy atom. The quantitative estimate of drug-likeness (QED) is 0.767. The number of amides is 1. The molecule has 0 aromatic carbocycles. The van der Waals surface area contributed by atoms with Crippen LogP contribution in [-0.4, -0.2) is 30.3 Å². The van der Waals surface area contributed by atoms with Gasteiger partial charge in [-0.1, -0.05) is 5.16 Å².